The molecular weight excluding hydrogens is 625 g/mol. The maximum Gasteiger partial charge on any atom is 0.165 e. The number of aromatic hydroxyl groups is 1. The lowest BCUT2D eigenvalue weighted by atomic mass is 9.73. The maximum absolute atomic E-state index is 9.98. The Morgan fingerprint density at radius 3 is 2.17 bits per heavy atom. The minimum absolute atomic E-state index is 0.127. The molecule has 0 spiro atoms. The summed E-state index contributed by atoms with van der Waals surface area (Å²) in [6.07, 6.45) is 12.8. The summed E-state index contributed by atoms with van der Waals surface area (Å²) in [6.45, 7) is 6.44. The number of aromatic nitrogens is 3. The molecule has 1 heterocycles. The van der Waals surface area contributed by atoms with Crippen LogP contribution in [0.1, 0.15) is 51.4 Å². The van der Waals surface area contributed by atoms with Gasteiger partial charge in [-0.25, -0.2) is 4.98 Å². The number of unbranched alkanes of at least 4 members (excludes halogenated alkanes) is 1. The van der Waals surface area contributed by atoms with E-state index in [1.807, 2.05) is 48.6 Å². The molecule has 2 aromatic carbocycles. The Balaban J connectivity index is 0.000000840. The number of halogens is 4. The first-order valence-electron chi connectivity index (χ1n) is 11.6. The largest absolute Gasteiger partial charge is 0.506 e. The Kier molecular flexibility index (Phi) is 10.3. The molecule has 0 saturated carbocycles. The number of rotatable bonds is 5. The SMILES string of the molecule is CC(C1=CC=C(Cl)C=CC1)(c1ccc(Cl)cc1)c1ncc(-c2cc(Br)c(O)c(Br)c2)nn1.CCCC. The van der Waals surface area contributed by atoms with Gasteiger partial charge >= 0.3 is 0 Å². The van der Waals surface area contributed by atoms with Crippen molar-refractivity contribution in [3.8, 4) is 17.0 Å². The van der Waals surface area contributed by atoms with Crippen LogP contribution in [0.25, 0.3) is 11.3 Å². The molecule has 3 aromatic rings. The van der Waals surface area contributed by atoms with Crippen LogP contribution in [0.3, 0.4) is 0 Å². The number of allylic oxidation sites excluding steroid dienone is 6. The number of hydrogen-bond acceptors (Lipinski definition) is 4. The van der Waals surface area contributed by atoms with Gasteiger partial charge in [0.1, 0.15) is 11.4 Å². The van der Waals surface area contributed by atoms with Crippen molar-refractivity contribution in [2.75, 3.05) is 0 Å². The molecule has 1 aliphatic rings. The summed E-state index contributed by atoms with van der Waals surface area (Å²) in [5.41, 5.74) is 2.79. The minimum atomic E-state index is -0.644. The van der Waals surface area contributed by atoms with E-state index < -0.39 is 5.41 Å². The summed E-state index contributed by atoms with van der Waals surface area (Å²) in [5.74, 6) is 0.688. The molecule has 0 saturated heterocycles. The topological polar surface area (TPSA) is 58.9 Å². The fourth-order valence-corrected chi connectivity index (χ4v) is 5.03. The van der Waals surface area contributed by atoms with E-state index in [0.717, 1.165) is 16.7 Å². The van der Waals surface area contributed by atoms with Crippen LogP contribution in [0.2, 0.25) is 5.02 Å². The van der Waals surface area contributed by atoms with Crippen molar-refractivity contribution < 1.29 is 5.11 Å². The molecule has 0 fully saturated rings. The van der Waals surface area contributed by atoms with Gasteiger partial charge < -0.3 is 5.11 Å². The molecule has 36 heavy (non-hydrogen) atoms. The van der Waals surface area contributed by atoms with Crippen LogP contribution in [-0.2, 0) is 5.41 Å². The molecule has 1 atom stereocenters. The molecule has 188 valence electrons. The van der Waals surface area contributed by atoms with E-state index in [4.69, 9.17) is 28.2 Å². The summed E-state index contributed by atoms with van der Waals surface area (Å²) < 4.78 is 1.11. The standard InChI is InChI=1S/C24H17Br2Cl2N3O.C4H10/c1-24(16-6-9-18(28)10-7-16,15-3-2-4-17(27)8-5-15)23-29-13-21(30-31-23)14-11-19(25)22(32)20(26)12-14;1-3-4-2/h2,4-13,32H,3H2,1H3;3-4H2,1-2H3. The van der Waals surface area contributed by atoms with Crippen molar-refractivity contribution in [2.24, 2.45) is 0 Å². The van der Waals surface area contributed by atoms with Crippen LogP contribution in [0.5, 0.6) is 5.75 Å². The Labute approximate surface area is 239 Å². The third-order valence-electron chi connectivity index (χ3n) is 5.94. The summed E-state index contributed by atoms with van der Waals surface area (Å²) in [6, 6.07) is 11.2. The highest BCUT2D eigenvalue weighted by atomic mass is 79.9. The van der Waals surface area contributed by atoms with E-state index >= 15 is 0 Å². The van der Waals surface area contributed by atoms with E-state index in [0.29, 0.717) is 36.9 Å². The average Bonchev–Trinajstić information content (AvgIpc) is 3.12. The zero-order valence-electron chi connectivity index (χ0n) is 20.3. The van der Waals surface area contributed by atoms with Gasteiger partial charge in [0.2, 0.25) is 0 Å². The second-order valence-corrected chi connectivity index (χ2v) is 11.0. The number of benzene rings is 2. The number of hydrogen-bond donors (Lipinski definition) is 1. The highest BCUT2D eigenvalue weighted by Crippen LogP contribution is 2.41. The smallest absolute Gasteiger partial charge is 0.165 e. The van der Waals surface area contributed by atoms with E-state index in [1.54, 1.807) is 18.3 Å². The molecule has 0 bridgehead atoms. The van der Waals surface area contributed by atoms with E-state index in [9.17, 15) is 5.11 Å². The van der Waals surface area contributed by atoms with Crippen LogP contribution < -0.4 is 0 Å². The normalized spacial score (nSPS) is 14.6. The highest BCUT2D eigenvalue weighted by molar-refractivity contribution is 9.11. The molecule has 4 rings (SSSR count). The van der Waals surface area contributed by atoms with Crippen molar-refractivity contribution in [3.05, 3.63) is 103 Å². The van der Waals surface area contributed by atoms with Gasteiger partial charge in [0, 0.05) is 15.6 Å². The third kappa shape index (κ3) is 6.65. The zero-order valence-corrected chi connectivity index (χ0v) is 25.0. The van der Waals surface area contributed by atoms with Crippen molar-refractivity contribution in [1.29, 1.82) is 0 Å². The van der Waals surface area contributed by atoms with Gasteiger partial charge in [0.15, 0.2) is 5.82 Å². The number of nitrogens with zero attached hydrogens (tertiary/aromatic N) is 3. The Hall–Kier alpha value is -1.99. The van der Waals surface area contributed by atoms with Gasteiger partial charge in [-0.3, -0.25) is 0 Å². The molecule has 1 aliphatic carbocycles. The third-order valence-corrected chi connectivity index (χ3v) is 7.66. The van der Waals surface area contributed by atoms with Gasteiger partial charge in [-0.15, -0.1) is 10.2 Å². The Morgan fingerprint density at radius 2 is 1.61 bits per heavy atom. The van der Waals surface area contributed by atoms with Gasteiger partial charge in [-0.05, 0) is 92.8 Å². The van der Waals surface area contributed by atoms with Crippen molar-refractivity contribution >= 4 is 55.1 Å². The molecule has 1 N–H and O–H groups in total. The minimum Gasteiger partial charge on any atom is -0.506 e. The van der Waals surface area contributed by atoms with E-state index in [2.05, 4.69) is 62.8 Å². The van der Waals surface area contributed by atoms with E-state index in [-0.39, 0.29) is 5.75 Å². The summed E-state index contributed by atoms with van der Waals surface area (Å²) >= 11 is 19.1. The van der Waals surface area contributed by atoms with Crippen LogP contribution >= 0.6 is 55.1 Å². The predicted octanol–water partition coefficient (Wildman–Crippen LogP) is 9.54. The van der Waals surface area contributed by atoms with Gasteiger partial charge in [0.05, 0.1) is 20.6 Å². The number of phenolic OH excluding ortho intramolecular Hbond substituents is 1. The Morgan fingerprint density at radius 1 is 0.972 bits per heavy atom. The van der Waals surface area contributed by atoms with Crippen molar-refractivity contribution in [2.45, 2.75) is 45.4 Å². The lowest BCUT2D eigenvalue weighted by molar-refractivity contribution is 0.468. The second-order valence-electron chi connectivity index (χ2n) is 8.44. The quantitative estimate of drug-likeness (QED) is 0.299. The van der Waals surface area contributed by atoms with Crippen LogP contribution in [0, 0.1) is 0 Å². The zero-order chi connectivity index (χ0) is 26.3. The maximum atomic E-state index is 9.98. The highest BCUT2D eigenvalue weighted by Gasteiger charge is 2.36. The lowest BCUT2D eigenvalue weighted by Crippen LogP contribution is -2.29. The molecule has 0 amide bonds. The van der Waals surface area contributed by atoms with Gasteiger partial charge in [-0.1, -0.05) is 74.2 Å². The second kappa shape index (κ2) is 13.0. The molecule has 1 aromatic heterocycles. The monoisotopic (exact) mass is 649 g/mol. The fraction of sp³-hybridized carbons (Fsp3) is 0.250. The molecular formula is C28H27Br2Cl2N3O. The first-order chi connectivity index (χ1) is 17.2. The summed E-state index contributed by atoms with van der Waals surface area (Å²) in [4.78, 5) is 4.71. The first kappa shape index (κ1) is 28.6. The molecule has 4 nitrogen and oxygen atoms in total. The van der Waals surface area contributed by atoms with Gasteiger partial charge in [0.25, 0.3) is 0 Å². The molecule has 8 heteroatoms. The van der Waals surface area contributed by atoms with Crippen molar-refractivity contribution in [3.63, 3.8) is 0 Å². The fourth-order valence-electron chi connectivity index (χ4n) is 3.56. The van der Waals surface area contributed by atoms with Crippen LogP contribution in [-0.4, -0.2) is 20.3 Å². The van der Waals surface area contributed by atoms with Crippen LogP contribution in [0.4, 0.5) is 0 Å². The predicted molar refractivity (Wildman–Crippen MR) is 157 cm³/mol. The Bertz CT molecular complexity index is 1260. The van der Waals surface area contributed by atoms with Crippen molar-refractivity contribution in [1.82, 2.24) is 15.2 Å². The molecule has 1 unspecified atom stereocenters. The average molecular weight is 652 g/mol. The number of phenols is 1. The van der Waals surface area contributed by atoms with E-state index in [1.165, 1.54) is 12.8 Å². The lowest BCUT2D eigenvalue weighted by Gasteiger charge is -2.31. The molecule has 0 aliphatic heterocycles. The summed E-state index contributed by atoms with van der Waals surface area (Å²) in [7, 11) is 0. The molecule has 0 radical (unpaired) electrons. The van der Waals surface area contributed by atoms with Crippen LogP contribution in [0.15, 0.2) is 86.4 Å². The van der Waals surface area contributed by atoms with Gasteiger partial charge in [-0.2, -0.15) is 0 Å². The summed E-state index contributed by atoms with van der Waals surface area (Å²) in [5, 5.41) is 20.3. The first-order valence-corrected chi connectivity index (χ1v) is 13.9.